The maximum absolute atomic E-state index is 13.1. The zero-order valence-corrected chi connectivity index (χ0v) is 20.8. The summed E-state index contributed by atoms with van der Waals surface area (Å²) in [5.41, 5.74) is 3.05. The molecule has 2 rings (SSSR count). The van der Waals surface area contributed by atoms with Crippen LogP contribution in [0.1, 0.15) is 43.9 Å². The van der Waals surface area contributed by atoms with Crippen molar-refractivity contribution < 1.29 is 9.59 Å². The Kier molecular flexibility index (Phi) is 10.2. The van der Waals surface area contributed by atoms with Crippen molar-refractivity contribution >= 4 is 46.8 Å². The van der Waals surface area contributed by atoms with E-state index in [4.69, 9.17) is 23.2 Å². The number of amides is 2. The second-order valence-corrected chi connectivity index (χ2v) is 9.56. The highest BCUT2D eigenvalue weighted by Gasteiger charge is 2.26. The molecule has 0 aliphatic rings. The van der Waals surface area contributed by atoms with E-state index >= 15 is 0 Å². The molecule has 2 aromatic rings. The second kappa shape index (κ2) is 12.4. The molecule has 0 radical (unpaired) electrons. The highest BCUT2D eigenvalue weighted by molar-refractivity contribution is 7.99. The second-order valence-electron chi connectivity index (χ2n) is 7.73. The van der Waals surface area contributed by atoms with Crippen molar-refractivity contribution in [2.75, 3.05) is 5.75 Å². The molecule has 0 saturated carbocycles. The third-order valence-corrected chi connectivity index (χ3v) is 6.66. The fraction of sp³-hybridized carbons (Fsp3) is 0.417. The van der Waals surface area contributed by atoms with Crippen LogP contribution < -0.4 is 5.32 Å². The van der Waals surface area contributed by atoms with Crippen molar-refractivity contribution in [1.29, 1.82) is 0 Å². The fourth-order valence-corrected chi connectivity index (χ4v) is 4.49. The summed E-state index contributed by atoms with van der Waals surface area (Å²) in [6.07, 6.45) is 0.835. The Morgan fingerprint density at radius 2 is 1.87 bits per heavy atom. The molecule has 31 heavy (non-hydrogen) atoms. The van der Waals surface area contributed by atoms with Crippen LogP contribution in [-0.2, 0) is 21.9 Å². The van der Waals surface area contributed by atoms with Crippen LogP contribution in [0, 0.1) is 6.92 Å². The lowest BCUT2D eigenvalue weighted by Crippen LogP contribution is -2.50. The molecule has 0 spiro atoms. The molecular weight excluding hydrogens is 451 g/mol. The summed E-state index contributed by atoms with van der Waals surface area (Å²) in [7, 11) is 0. The molecule has 0 heterocycles. The number of thioether (sulfide) groups is 1. The van der Waals surface area contributed by atoms with E-state index in [-0.39, 0.29) is 23.6 Å². The van der Waals surface area contributed by atoms with Gasteiger partial charge in [0.2, 0.25) is 11.8 Å². The van der Waals surface area contributed by atoms with Crippen LogP contribution in [0.4, 0.5) is 0 Å². The number of rotatable bonds is 10. The first-order valence-corrected chi connectivity index (χ1v) is 12.3. The number of halogens is 2. The normalized spacial score (nSPS) is 12.8. The Morgan fingerprint density at radius 1 is 1.13 bits per heavy atom. The average molecular weight is 481 g/mol. The lowest BCUT2D eigenvalue weighted by molar-refractivity contribution is -0.138. The molecule has 0 aliphatic heterocycles. The molecule has 2 aromatic carbocycles. The first-order chi connectivity index (χ1) is 14.7. The Balaban J connectivity index is 2.10. The summed E-state index contributed by atoms with van der Waals surface area (Å²) in [6, 6.07) is 12.9. The lowest BCUT2D eigenvalue weighted by Gasteiger charge is -2.29. The molecule has 0 bridgehead atoms. The number of nitrogens with one attached hydrogen (secondary N) is 1. The van der Waals surface area contributed by atoms with Gasteiger partial charge in [0.25, 0.3) is 0 Å². The van der Waals surface area contributed by atoms with E-state index in [0.29, 0.717) is 22.3 Å². The third kappa shape index (κ3) is 8.06. The van der Waals surface area contributed by atoms with Gasteiger partial charge in [0, 0.05) is 28.4 Å². The molecule has 1 N–H and O–H groups in total. The Morgan fingerprint density at radius 3 is 2.52 bits per heavy atom. The minimum Gasteiger partial charge on any atom is -0.352 e. The highest BCUT2D eigenvalue weighted by atomic mass is 35.5. The summed E-state index contributed by atoms with van der Waals surface area (Å²) in [6.45, 7) is 8.16. The maximum Gasteiger partial charge on any atom is 0.242 e. The van der Waals surface area contributed by atoms with Gasteiger partial charge in [-0.3, -0.25) is 9.59 Å². The molecule has 0 aromatic heterocycles. The van der Waals surface area contributed by atoms with E-state index in [0.717, 1.165) is 23.1 Å². The standard InChI is InChI=1S/C24H30Cl2N2O2S/c1-5-17(3)27-24(30)18(4)28(13-19-8-6-7-16(2)11-19)23(29)15-31-14-20-9-10-21(25)12-22(20)26/h6-12,17-18H,5,13-15H2,1-4H3,(H,27,30)/t17-,18+/m0/s1. The zero-order chi connectivity index (χ0) is 23.0. The van der Waals surface area contributed by atoms with E-state index in [1.54, 1.807) is 24.0 Å². The number of aryl methyl sites for hydroxylation is 1. The summed E-state index contributed by atoms with van der Waals surface area (Å²) in [5.74, 6) is 0.628. The van der Waals surface area contributed by atoms with Gasteiger partial charge in [-0.25, -0.2) is 0 Å². The van der Waals surface area contributed by atoms with Crippen LogP contribution in [0.25, 0.3) is 0 Å². The minimum absolute atomic E-state index is 0.0623. The highest BCUT2D eigenvalue weighted by Crippen LogP contribution is 2.25. The summed E-state index contributed by atoms with van der Waals surface area (Å²) >= 11 is 13.7. The van der Waals surface area contributed by atoms with Crippen molar-refractivity contribution in [1.82, 2.24) is 10.2 Å². The van der Waals surface area contributed by atoms with Crippen molar-refractivity contribution in [3.8, 4) is 0 Å². The number of hydrogen-bond donors (Lipinski definition) is 1. The van der Waals surface area contributed by atoms with Crippen molar-refractivity contribution in [2.45, 2.75) is 58.5 Å². The molecule has 0 unspecified atom stereocenters. The summed E-state index contributed by atoms with van der Waals surface area (Å²) in [4.78, 5) is 27.5. The number of carbonyl (C=O) groups is 2. The SMILES string of the molecule is CC[C@H](C)NC(=O)[C@@H](C)N(Cc1cccc(C)c1)C(=O)CSCc1ccc(Cl)cc1Cl. The van der Waals surface area contributed by atoms with Crippen LogP contribution in [-0.4, -0.2) is 34.6 Å². The average Bonchev–Trinajstić information content (AvgIpc) is 2.72. The first-order valence-electron chi connectivity index (χ1n) is 10.4. The minimum atomic E-state index is -0.568. The summed E-state index contributed by atoms with van der Waals surface area (Å²) < 4.78 is 0. The molecule has 168 valence electrons. The molecule has 0 fully saturated rings. The van der Waals surface area contributed by atoms with Gasteiger partial charge in [0.15, 0.2) is 0 Å². The fourth-order valence-electron chi connectivity index (χ4n) is 3.03. The predicted molar refractivity (Wildman–Crippen MR) is 132 cm³/mol. The molecule has 4 nitrogen and oxygen atoms in total. The van der Waals surface area contributed by atoms with Gasteiger partial charge in [-0.15, -0.1) is 11.8 Å². The molecule has 0 aliphatic carbocycles. The molecule has 0 saturated heterocycles. The summed E-state index contributed by atoms with van der Waals surface area (Å²) in [5, 5.41) is 4.16. The van der Waals surface area contributed by atoms with Crippen LogP contribution in [0.3, 0.4) is 0 Å². The van der Waals surface area contributed by atoms with Gasteiger partial charge in [-0.2, -0.15) is 0 Å². The third-order valence-electron chi connectivity index (χ3n) is 5.10. The molecule has 2 atom stereocenters. The topological polar surface area (TPSA) is 49.4 Å². The van der Waals surface area contributed by atoms with E-state index in [1.807, 2.05) is 51.1 Å². The molecular formula is C24H30Cl2N2O2S. The number of benzene rings is 2. The van der Waals surface area contributed by atoms with E-state index < -0.39 is 6.04 Å². The van der Waals surface area contributed by atoms with E-state index in [9.17, 15) is 9.59 Å². The van der Waals surface area contributed by atoms with Crippen molar-refractivity contribution in [2.24, 2.45) is 0 Å². The van der Waals surface area contributed by atoms with Gasteiger partial charge in [0.1, 0.15) is 6.04 Å². The van der Waals surface area contributed by atoms with Crippen LogP contribution in [0.2, 0.25) is 10.0 Å². The number of carbonyl (C=O) groups excluding carboxylic acids is 2. The van der Waals surface area contributed by atoms with Crippen molar-refractivity contribution in [3.63, 3.8) is 0 Å². The lowest BCUT2D eigenvalue weighted by atomic mass is 10.1. The van der Waals surface area contributed by atoms with E-state index in [2.05, 4.69) is 5.32 Å². The van der Waals surface area contributed by atoms with Crippen LogP contribution >= 0.6 is 35.0 Å². The Labute approximate surface area is 199 Å². The molecule has 2 amide bonds. The predicted octanol–water partition coefficient (Wildman–Crippen LogP) is 5.87. The largest absolute Gasteiger partial charge is 0.352 e. The first kappa shape index (κ1) is 25.6. The zero-order valence-electron chi connectivity index (χ0n) is 18.5. The quantitative estimate of drug-likeness (QED) is 0.462. The smallest absolute Gasteiger partial charge is 0.242 e. The van der Waals surface area contributed by atoms with Crippen molar-refractivity contribution in [3.05, 3.63) is 69.2 Å². The van der Waals surface area contributed by atoms with E-state index in [1.165, 1.54) is 11.8 Å². The number of nitrogens with zero attached hydrogens (tertiary/aromatic N) is 1. The van der Waals surface area contributed by atoms with Gasteiger partial charge in [-0.05, 0) is 50.5 Å². The monoisotopic (exact) mass is 480 g/mol. The Hall–Kier alpha value is -1.69. The van der Waals surface area contributed by atoms with Gasteiger partial charge < -0.3 is 10.2 Å². The van der Waals surface area contributed by atoms with Gasteiger partial charge in [-0.1, -0.05) is 66.0 Å². The Bertz CT molecular complexity index is 907. The molecule has 7 heteroatoms. The number of hydrogen-bond acceptors (Lipinski definition) is 3. The maximum atomic E-state index is 13.1. The van der Waals surface area contributed by atoms with Gasteiger partial charge >= 0.3 is 0 Å². The van der Waals surface area contributed by atoms with Gasteiger partial charge in [0.05, 0.1) is 5.75 Å². The van der Waals surface area contributed by atoms with Crippen LogP contribution in [0.5, 0.6) is 0 Å². The van der Waals surface area contributed by atoms with Crippen LogP contribution in [0.15, 0.2) is 42.5 Å².